The van der Waals surface area contributed by atoms with Crippen LogP contribution in [0.15, 0.2) is 42.7 Å². The highest BCUT2D eigenvalue weighted by Gasteiger charge is 2.33. The Morgan fingerprint density at radius 1 is 1.03 bits per heavy atom. The average molecular weight is 438 g/mol. The third-order valence-electron chi connectivity index (χ3n) is 4.37. The van der Waals surface area contributed by atoms with E-state index in [2.05, 4.69) is 19.9 Å². The van der Waals surface area contributed by atoms with Crippen LogP contribution in [0, 0.1) is 0 Å². The Balaban J connectivity index is 1.77. The smallest absolute Gasteiger partial charge is 0.398 e. The first kappa shape index (κ1) is 19.5. The minimum atomic E-state index is -4.53. The summed E-state index contributed by atoms with van der Waals surface area (Å²) in [6.45, 7) is 0. The van der Waals surface area contributed by atoms with E-state index in [-0.39, 0.29) is 5.69 Å². The number of aromatic nitrogens is 4. The van der Waals surface area contributed by atoms with Crippen LogP contribution in [0.25, 0.3) is 22.4 Å². The molecule has 0 atom stereocenters. The summed E-state index contributed by atoms with van der Waals surface area (Å²) in [4.78, 5) is 15.9. The molecule has 0 saturated heterocycles. The van der Waals surface area contributed by atoms with Crippen LogP contribution in [0.2, 0.25) is 10.0 Å². The number of rotatable bonds is 3. The Morgan fingerprint density at radius 2 is 1.76 bits per heavy atom. The molecule has 0 aliphatic heterocycles. The van der Waals surface area contributed by atoms with E-state index in [9.17, 15) is 13.2 Å². The first-order valence-electron chi connectivity index (χ1n) is 8.33. The van der Waals surface area contributed by atoms with Gasteiger partial charge in [-0.05, 0) is 29.8 Å². The van der Waals surface area contributed by atoms with Crippen LogP contribution < -0.4 is 5.73 Å². The fraction of sp³-hybridized carbons (Fsp3) is 0.105. The number of anilines is 1. The number of H-pyrrole nitrogens is 1. The fourth-order valence-electron chi connectivity index (χ4n) is 3.02. The number of hydrogen-bond acceptors (Lipinski definition) is 4. The van der Waals surface area contributed by atoms with Crippen LogP contribution in [0.3, 0.4) is 0 Å². The van der Waals surface area contributed by atoms with Crippen LogP contribution in [0.4, 0.5) is 18.9 Å². The van der Waals surface area contributed by atoms with Crippen molar-refractivity contribution in [2.75, 3.05) is 5.73 Å². The fourth-order valence-corrected chi connectivity index (χ4v) is 3.55. The molecule has 4 rings (SSSR count). The lowest BCUT2D eigenvalue weighted by Gasteiger charge is -2.11. The molecule has 0 amide bonds. The maximum atomic E-state index is 13.0. The molecule has 29 heavy (non-hydrogen) atoms. The van der Waals surface area contributed by atoms with Crippen molar-refractivity contribution in [3.05, 3.63) is 69.7 Å². The maximum Gasteiger partial charge on any atom is 0.418 e. The SMILES string of the molecule is Nc1cc(-c2ncnc3nc(Cc4c(Cl)cccc4Cl)[nH]c23)ccc1C(F)(F)F. The van der Waals surface area contributed by atoms with Crippen molar-refractivity contribution < 1.29 is 13.2 Å². The molecule has 0 unspecified atom stereocenters. The molecule has 0 radical (unpaired) electrons. The Morgan fingerprint density at radius 3 is 2.41 bits per heavy atom. The molecule has 0 saturated carbocycles. The van der Waals surface area contributed by atoms with E-state index in [0.717, 1.165) is 6.07 Å². The molecule has 4 aromatic rings. The summed E-state index contributed by atoms with van der Waals surface area (Å²) in [7, 11) is 0. The van der Waals surface area contributed by atoms with Gasteiger partial charge >= 0.3 is 6.18 Å². The number of alkyl halides is 3. The lowest BCUT2D eigenvalue weighted by atomic mass is 10.1. The third kappa shape index (κ3) is 3.73. The van der Waals surface area contributed by atoms with Gasteiger partial charge < -0.3 is 10.7 Å². The van der Waals surface area contributed by atoms with E-state index in [1.165, 1.54) is 18.5 Å². The van der Waals surface area contributed by atoms with E-state index in [4.69, 9.17) is 28.9 Å². The van der Waals surface area contributed by atoms with Crippen molar-refractivity contribution in [1.29, 1.82) is 0 Å². The van der Waals surface area contributed by atoms with Crippen molar-refractivity contribution in [2.45, 2.75) is 12.6 Å². The number of fused-ring (bicyclic) bond motifs is 1. The van der Waals surface area contributed by atoms with Gasteiger partial charge in [0.1, 0.15) is 17.7 Å². The number of nitrogen functional groups attached to an aromatic ring is 1. The monoisotopic (exact) mass is 437 g/mol. The average Bonchev–Trinajstić information content (AvgIpc) is 3.06. The highest BCUT2D eigenvalue weighted by Crippen LogP contribution is 2.36. The highest BCUT2D eigenvalue weighted by atomic mass is 35.5. The normalized spacial score (nSPS) is 11.9. The van der Waals surface area contributed by atoms with Gasteiger partial charge in [0, 0.05) is 27.7 Å². The lowest BCUT2D eigenvalue weighted by Crippen LogP contribution is -2.08. The van der Waals surface area contributed by atoms with Crippen molar-refractivity contribution in [3.8, 4) is 11.3 Å². The predicted molar refractivity (Wildman–Crippen MR) is 106 cm³/mol. The van der Waals surface area contributed by atoms with Crippen LogP contribution in [-0.2, 0) is 12.6 Å². The van der Waals surface area contributed by atoms with E-state index in [1.807, 2.05) is 0 Å². The topological polar surface area (TPSA) is 80.5 Å². The molecular formula is C19H12Cl2F3N5. The van der Waals surface area contributed by atoms with Crippen molar-refractivity contribution in [1.82, 2.24) is 19.9 Å². The Hall–Kier alpha value is -2.84. The van der Waals surface area contributed by atoms with Gasteiger partial charge in [0.15, 0.2) is 5.65 Å². The highest BCUT2D eigenvalue weighted by molar-refractivity contribution is 6.36. The van der Waals surface area contributed by atoms with Crippen LogP contribution in [0.1, 0.15) is 17.0 Å². The number of hydrogen-bond donors (Lipinski definition) is 2. The molecule has 0 bridgehead atoms. The van der Waals surface area contributed by atoms with Crippen LogP contribution in [-0.4, -0.2) is 19.9 Å². The number of benzene rings is 2. The minimum absolute atomic E-state index is 0.323. The minimum Gasteiger partial charge on any atom is -0.398 e. The number of nitrogens with zero attached hydrogens (tertiary/aromatic N) is 3. The second-order valence-electron chi connectivity index (χ2n) is 6.28. The van der Waals surface area contributed by atoms with Crippen molar-refractivity contribution in [3.63, 3.8) is 0 Å². The molecule has 2 heterocycles. The molecule has 2 aromatic heterocycles. The van der Waals surface area contributed by atoms with E-state index in [1.54, 1.807) is 18.2 Å². The quantitative estimate of drug-likeness (QED) is 0.413. The molecule has 148 valence electrons. The lowest BCUT2D eigenvalue weighted by molar-refractivity contribution is -0.136. The molecule has 3 N–H and O–H groups in total. The standard InChI is InChI=1S/C19H12Cl2F3N5/c20-12-2-1-3-13(21)10(12)7-15-28-17-16(26-8-27-18(17)29-15)9-4-5-11(14(25)6-9)19(22,23)24/h1-6,8H,7,25H2,(H,26,27,28,29). The summed E-state index contributed by atoms with van der Waals surface area (Å²) in [5.41, 5.74) is 6.67. The summed E-state index contributed by atoms with van der Waals surface area (Å²) in [5.74, 6) is 0.539. The second kappa shape index (κ2) is 7.20. The van der Waals surface area contributed by atoms with E-state index >= 15 is 0 Å². The zero-order valence-corrected chi connectivity index (χ0v) is 16.1. The van der Waals surface area contributed by atoms with Gasteiger partial charge in [-0.3, -0.25) is 0 Å². The van der Waals surface area contributed by atoms with Gasteiger partial charge in [-0.15, -0.1) is 0 Å². The Kier molecular flexibility index (Phi) is 4.84. The van der Waals surface area contributed by atoms with Gasteiger partial charge in [-0.2, -0.15) is 13.2 Å². The van der Waals surface area contributed by atoms with Crippen molar-refractivity contribution >= 4 is 40.1 Å². The second-order valence-corrected chi connectivity index (χ2v) is 7.10. The zero-order valence-electron chi connectivity index (χ0n) is 14.6. The number of nitrogens with two attached hydrogens (primary N) is 1. The number of halogens is 5. The van der Waals surface area contributed by atoms with Crippen LogP contribution >= 0.6 is 23.2 Å². The zero-order chi connectivity index (χ0) is 20.8. The summed E-state index contributed by atoms with van der Waals surface area (Å²) in [5, 5.41) is 1.000. The molecule has 0 aliphatic carbocycles. The van der Waals surface area contributed by atoms with Crippen LogP contribution in [0.5, 0.6) is 0 Å². The molecule has 0 aliphatic rings. The molecule has 2 aromatic carbocycles. The summed E-state index contributed by atoms with van der Waals surface area (Å²) < 4.78 is 38.9. The number of imidazole rings is 1. The summed E-state index contributed by atoms with van der Waals surface area (Å²) in [6.07, 6.45) is -2.92. The first-order chi connectivity index (χ1) is 13.7. The van der Waals surface area contributed by atoms with E-state index < -0.39 is 11.7 Å². The predicted octanol–water partition coefficient (Wildman–Crippen LogP) is 5.52. The Labute approximate surface area is 172 Å². The number of aromatic amines is 1. The maximum absolute atomic E-state index is 13.0. The molecule has 0 fully saturated rings. The summed E-state index contributed by atoms with van der Waals surface area (Å²) in [6, 6.07) is 8.66. The summed E-state index contributed by atoms with van der Waals surface area (Å²) >= 11 is 12.4. The van der Waals surface area contributed by atoms with Gasteiger partial charge in [0.25, 0.3) is 0 Å². The molecule has 5 nitrogen and oxygen atoms in total. The third-order valence-corrected chi connectivity index (χ3v) is 5.08. The largest absolute Gasteiger partial charge is 0.418 e. The van der Waals surface area contributed by atoms with Gasteiger partial charge in [0.05, 0.1) is 11.3 Å². The molecule has 10 heteroatoms. The molecule has 0 spiro atoms. The van der Waals surface area contributed by atoms with Crippen molar-refractivity contribution in [2.24, 2.45) is 0 Å². The van der Waals surface area contributed by atoms with Gasteiger partial charge in [-0.25, -0.2) is 15.0 Å². The van der Waals surface area contributed by atoms with E-state index in [0.29, 0.717) is 50.3 Å². The van der Waals surface area contributed by atoms with Gasteiger partial charge in [-0.1, -0.05) is 35.3 Å². The Bertz CT molecular complexity index is 1200. The first-order valence-corrected chi connectivity index (χ1v) is 9.09. The molecular weight excluding hydrogens is 426 g/mol. The van der Waals surface area contributed by atoms with Gasteiger partial charge in [0.2, 0.25) is 0 Å². The number of nitrogens with one attached hydrogen (secondary N) is 1.